The molecular formula is C23H33NO2. The lowest BCUT2D eigenvalue weighted by molar-refractivity contribution is -0.136. The van der Waals surface area contributed by atoms with Crippen molar-refractivity contribution in [2.24, 2.45) is 22.7 Å². The highest BCUT2D eigenvalue weighted by atomic mass is 16.5. The van der Waals surface area contributed by atoms with Crippen molar-refractivity contribution in [2.45, 2.75) is 71.4 Å². The molecule has 4 rings (SSSR count). The number of ether oxygens (including phenoxy) is 1. The molecule has 3 fully saturated rings. The maximum atomic E-state index is 12.3. The summed E-state index contributed by atoms with van der Waals surface area (Å²) < 4.78 is 6.30. The van der Waals surface area contributed by atoms with Gasteiger partial charge in [-0.15, -0.1) is 0 Å². The van der Waals surface area contributed by atoms with Crippen LogP contribution in [0.5, 0.6) is 0 Å². The van der Waals surface area contributed by atoms with Crippen molar-refractivity contribution < 1.29 is 9.53 Å². The van der Waals surface area contributed by atoms with E-state index in [4.69, 9.17) is 4.74 Å². The molecule has 26 heavy (non-hydrogen) atoms. The van der Waals surface area contributed by atoms with Crippen LogP contribution in [0.2, 0.25) is 0 Å². The molecule has 1 aliphatic heterocycles. The Morgan fingerprint density at radius 3 is 2.77 bits per heavy atom. The van der Waals surface area contributed by atoms with Crippen molar-refractivity contribution in [1.29, 1.82) is 0 Å². The first-order valence-corrected chi connectivity index (χ1v) is 10.4. The number of carbonyl (C=O) groups is 1. The minimum atomic E-state index is 0.197. The standard InChI is InChI=1S/C23H33NO2/c1-4-20(25)24-21-22(2,3)17-14-18-19(26-13-12-23(18,21)15-17)11-10-16-8-6-5-7-9-16/h5-9,17-19,21H,4,10-15H2,1-3H3,(H,24,25)/t17-,18-,19-,21+,23-/m1/s1. The summed E-state index contributed by atoms with van der Waals surface area (Å²) in [5, 5.41) is 3.44. The molecule has 0 unspecified atom stereocenters. The normalized spacial score (nSPS) is 37.3. The van der Waals surface area contributed by atoms with Gasteiger partial charge in [-0.05, 0) is 60.3 Å². The Morgan fingerprint density at radius 1 is 1.27 bits per heavy atom. The summed E-state index contributed by atoms with van der Waals surface area (Å²) in [4.78, 5) is 12.3. The van der Waals surface area contributed by atoms with E-state index in [9.17, 15) is 4.79 Å². The maximum Gasteiger partial charge on any atom is 0.219 e. The van der Waals surface area contributed by atoms with Crippen molar-refractivity contribution in [2.75, 3.05) is 6.61 Å². The van der Waals surface area contributed by atoms with Crippen molar-refractivity contribution in [3.05, 3.63) is 35.9 Å². The molecule has 1 N–H and O–H groups in total. The van der Waals surface area contributed by atoms with Gasteiger partial charge in [0.05, 0.1) is 6.10 Å². The lowest BCUT2D eigenvalue weighted by Crippen LogP contribution is -2.60. The van der Waals surface area contributed by atoms with Gasteiger partial charge in [-0.1, -0.05) is 51.1 Å². The maximum absolute atomic E-state index is 12.3. The van der Waals surface area contributed by atoms with E-state index in [-0.39, 0.29) is 16.7 Å². The molecule has 3 aliphatic rings. The molecule has 2 bridgehead atoms. The molecule has 1 amide bonds. The van der Waals surface area contributed by atoms with Crippen LogP contribution in [0.3, 0.4) is 0 Å². The average molecular weight is 356 g/mol. The summed E-state index contributed by atoms with van der Waals surface area (Å²) in [7, 11) is 0. The van der Waals surface area contributed by atoms with Crippen LogP contribution in [-0.4, -0.2) is 24.7 Å². The number of hydrogen-bond acceptors (Lipinski definition) is 2. The Hall–Kier alpha value is -1.35. The first-order chi connectivity index (χ1) is 12.5. The molecule has 1 aromatic carbocycles. The minimum Gasteiger partial charge on any atom is -0.378 e. The fourth-order valence-corrected chi connectivity index (χ4v) is 6.41. The average Bonchev–Trinajstić information content (AvgIpc) is 3.14. The second kappa shape index (κ2) is 6.67. The third-order valence-corrected chi connectivity index (χ3v) is 7.81. The van der Waals surface area contributed by atoms with E-state index < -0.39 is 0 Å². The molecule has 0 aromatic heterocycles. The van der Waals surface area contributed by atoms with Gasteiger partial charge in [-0.2, -0.15) is 0 Å². The van der Waals surface area contributed by atoms with Gasteiger partial charge in [0, 0.05) is 19.1 Å². The summed E-state index contributed by atoms with van der Waals surface area (Å²) in [5.41, 5.74) is 1.84. The molecule has 3 heteroatoms. The van der Waals surface area contributed by atoms with Gasteiger partial charge >= 0.3 is 0 Å². The molecule has 1 aromatic rings. The third-order valence-electron chi connectivity index (χ3n) is 7.81. The third kappa shape index (κ3) is 2.79. The Labute approximate surface area is 157 Å². The van der Waals surface area contributed by atoms with Gasteiger partial charge in [0.25, 0.3) is 0 Å². The van der Waals surface area contributed by atoms with Crippen LogP contribution >= 0.6 is 0 Å². The first kappa shape index (κ1) is 18.0. The van der Waals surface area contributed by atoms with Crippen molar-refractivity contribution in [1.82, 2.24) is 5.32 Å². The molecule has 3 nitrogen and oxygen atoms in total. The van der Waals surface area contributed by atoms with Gasteiger partial charge in [-0.3, -0.25) is 4.79 Å². The van der Waals surface area contributed by atoms with E-state index in [1.54, 1.807) is 0 Å². The first-order valence-electron chi connectivity index (χ1n) is 10.4. The highest BCUT2D eigenvalue weighted by Gasteiger charge is 2.68. The number of amides is 1. The molecule has 0 radical (unpaired) electrons. The van der Waals surface area contributed by atoms with Gasteiger partial charge in [0.2, 0.25) is 5.91 Å². The van der Waals surface area contributed by atoms with Gasteiger partial charge < -0.3 is 10.1 Å². The summed E-state index contributed by atoms with van der Waals surface area (Å²) in [6.45, 7) is 7.55. The van der Waals surface area contributed by atoms with Crippen LogP contribution in [0.15, 0.2) is 30.3 Å². The number of nitrogens with one attached hydrogen (secondary N) is 1. The van der Waals surface area contributed by atoms with Gasteiger partial charge in [-0.25, -0.2) is 0 Å². The van der Waals surface area contributed by atoms with Crippen molar-refractivity contribution >= 4 is 5.91 Å². The van der Waals surface area contributed by atoms with E-state index in [1.165, 1.54) is 18.4 Å². The van der Waals surface area contributed by atoms with Crippen LogP contribution in [0.1, 0.15) is 58.4 Å². The van der Waals surface area contributed by atoms with E-state index in [0.29, 0.717) is 30.4 Å². The van der Waals surface area contributed by atoms with Crippen LogP contribution in [-0.2, 0) is 16.0 Å². The molecule has 2 aliphatic carbocycles. The van der Waals surface area contributed by atoms with Crippen LogP contribution in [0, 0.1) is 22.7 Å². The predicted octanol–water partition coefficient (Wildman–Crippen LogP) is 4.36. The second-order valence-corrected chi connectivity index (χ2v) is 9.34. The summed E-state index contributed by atoms with van der Waals surface area (Å²) in [6, 6.07) is 11.0. The molecule has 2 saturated carbocycles. The topological polar surface area (TPSA) is 38.3 Å². The summed E-state index contributed by atoms with van der Waals surface area (Å²) in [6.07, 6.45) is 6.73. The van der Waals surface area contributed by atoms with E-state index in [1.807, 2.05) is 6.92 Å². The quantitative estimate of drug-likeness (QED) is 0.852. The highest BCUT2D eigenvalue weighted by Crippen LogP contribution is 2.68. The molecule has 1 saturated heterocycles. The van der Waals surface area contributed by atoms with Gasteiger partial charge in [0.1, 0.15) is 0 Å². The number of hydrogen-bond donors (Lipinski definition) is 1. The Morgan fingerprint density at radius 2 is 2.04 bits per heavy atom. The van der Waals surface area contributed by atoms with Crippen LogP contribution in [0.4, 0.5) is 0 Å². The zero-order chi connectivity index (χ0) is 18.4. The largest absolute Gasteiger partial charge is 0.378 e. The van der Waals surface area contributed by atoms with Crippen molar-refractivity contribution in [3.63, 3.8) is 0 Å². The highest BCUT2D eigenvalue weighted by molar-refractivity contribution is 5.76. The Kier molecular flexibility index (Phi) is 4.63. The minimum absolute atomic E-state index is 0.197. The predicted molar refractivity (Wildman–Crippen MR) is 104 cm³/mol. The summed E-state index contributed by atoms with van der Waals surface area (Å²) >= 11 is 0. The fraction of sp³-hybridized carbons (Fsp3) is 0.696. The SMILES string of the molecule is CCC(=O)N[C@H]1C(C)(C)[C@@H]2C[C@@H]3[C@@H](CCc4ccccc4)OCC[C@@]31C2. The van der Waals surface area contributed by atoms with E-state index in [2.05, 4.69) is 49.5 Å². The zero-order valence-corrected chi connectivity index (χ0v) is 16.5. The van der Waals surface area contributed by atoms with E-state index >= 15 is 0 Å². The number of benzene rings is 1. The second-order valence-electron chi connectivity index (χ2n) is 9.34. The Balaban J connectivity index is 1.53. The molecular weight excluding hydrogens is 322 g/mol. The lowest BCUT2D eigenvalue weighted by Gasteiger charge is -2.53. The molecule has 142 valence electrons. The number of carbonyl (C=O) groups excluding carboxylic acids is 1. The molecule has 1 heterocycles. The smallest absolute Gasteiger partial charge is 0.219 e. The molecule has 5 atom stereocenters. The van der Waals surface area contributed by atoms with Crippen LogP contribution < -0.4 is 5.32 Å². The lowest BCUT2D eigenvalue weighted by atomic mass is 9.59. The van der Waals surface area contributed by atoms with Crippen LogP contribution in [0.25, 0.3) is 0 Å². The number of aryl methyl sites for hydroxylation is 1. The summed E-state index contributed by atoms with van der Waals surface area (Å²) in [5.74, 6) is 1.51. The fourth-order valence-electron chi connectivity index (χ4n) is 6.41. The molecule has 1 spiro atoms. The monoisotopic (exact) mass is 355 g/mol. The van der Waals surface area contributed by atoms with Gasteiger partial charge in [0.15, 0.2) is 0 Å². The van der Waals surface area contributed by atoms with E-state index in [0.717, 1.165) is 25.9 Å². The zero-order valence-electron chi connectivity index (χ0n) is 16.5. The number of rotatable bonds is 5. The Bertz CT molecular complexity index is 655. The van der Waals surface area contributed by atoms with Crippen molar-refractivity contribution in [3.8, 4) is 0 Å². The number of fused-ring (bicyclic) bond motifs is 1.